The normalized spacial score (nSPS) is 10.0. The number of carbonyl (C=O) groups excluding carboxylic acids is 1. The van der Waals surface area contributed by atoms with Gasteiger partial charge in [-0.15, -0.1) is 0 Å². The molecule has 21 heavy (non-hydrogen) atoms. The average Bonchev–Trinajstić information content (AvgIpc) is 2.43. The van der Waals surface area contributed by atoms with E-state index in [-0.39, 0.29) is 12.8 Å². The number of rotatable bonds is 4. The lowest BCUT2D eigenvalue weighted by molar-refractivity contribution is 0.234. The van der Waals surface area contributed by atoms with Crippen molar-refractivity contribution < 1.29 is 9.53 Å². The molecule has 0 aliphatic carbocycles. The smallest absolute Gasteiger partial charge is 0.323 e. The van der Waals surface area contributed by atoms with Crippen molar-refractivity contribution in [1.29, 1.82) is 0 Å². The van der Waals surface area contributed by atoms with Gasteiger partial charge in [0.1, 0.15) is 11.6 Å². The third-order valence-corrected chi connectivity index (χ3v) is 3.41. The lowest BCUT2D eigenvalue weighted by Gasteiger charge is -2.10. The Morgan fingerprint density at radius 1 is 1.24 bits per heavy atom. The Kier molecular flexibility index (Phi) is 5.16. The molecule has 1 heterocycles. The summed E-state index contributed by atoms with van der Waals surface area (Å²) in [6, 6.07) is 8.92. The van der Waals surface area contributed by atoms with E-state index in [9.17, 15) is 4.79 Å². The van der Waals surface area contributed by atoms with Crippen LogP contribution in [0.15, 0.2) is 41.0 Å². The van der Waals surface area contributed by atoms with Gasteiger partial charge in [-0.3, -0.25) is 5.32 Å². The molecule has 5 nitrogen and oxygen atoms in total. The van der Waals surface area contributed by atoms with Crippen molar-refractivity contribution in [3.8, 4) is 5.75 Å². The Hall–Kier alpha value is -2.08. The van der Waals surface area contributed by atoms with Crippen LogP contribution in [0.3, 0.4) is 0 Å². The van der Waals surface area contributed by atoms with Crippen LogP contribution in [0.4, 0.5) is 10.6 Å². The molecule has 0 aliphatic heterocycles. The topological polar surface area (TPSA) is 63.2 Å². The minimum absolute atomic E-state index is 0.0857. The van der Waals surface area contributed by atoms with E-state index >= 15 is 0 Å². The second-order valence-corrected chi connectivity index (χ2v) is 5.44. The van der Waals surface area contributed by atoms with Crippen LogP contribution in [-0.4, -0.2) is 17.7 Å². The summed E-state index contributed by atoms with van der Waals surface area (Å²) in [7, 11) is 0. The molecular weight excluding hydrogens is 334 g/mol. The van der Waals surface area contributed by atoms with Gasteiger partial charge in [0.15, 0.2) is 6.73 Å². The zero-order chi connectivity index (χ0) is 15.2. The Labute approximate surface area is 131 Å². The summed E-state index contributed by atoms with van der Waals surface area (Å²) in [5, 5.41) is 5.22. The summed E-state index contributed by atoms with van der Waals surface area (Å²) in [5.41, 5.74) is 2.35. The second kappa shape index (κ2) is 7.08. The number of anilines is 1. The molecule has 6 heteroatoms. The summed E-state index contributed by atoms with van der Waals surface area (Å²) < 4.78 is 6.32. The van der Waals surface area contributed by atoms with Crippen LogP contribution in [-0.2, 0) is 0 Å². The van der Waals surface area contributed by atoms with Gasteiger partial charge in [0.05, 0.1) is 0 Å². The number of carbonyl (C=O) groups is 1. The molecular formula is C15H16BrN3O2. The maximum Gasteiger partial charge on any atom is 0.323 e. The Balaban J connectivity index is 1.80. The van der Waals surface area contributed by atoms with E-state index in [1.807, 2.05) is 32.0 Å². The van der Waals surface area contributed by atoms with Gasteiger partial charge in [-0.25, -0.2) is 9.78 Å². The number of pyridine rings is 1. The van der Waals surface area contributed by atoms with Crippen molar-refractivity contribution >= 4 is 27.8 Å². The molecule has 110 valence electrons. The number of hydrogen-bond acceptors (Lipinski definition) is 3. The molecule has 0 spiro atoms. The van der Waals surface area contributed by atoms with Crippen LogP contribution >= 0.6 is 15.9 Å². The first-order valence-corrected chi connectivity index (χ1v) is 7.20. The molecule has 0 fully saturated rings. The van der Waals surface area contributed by atoms with Gasteiger partial charge in [-0.05, 0) is 49.2 Å². The van der Waals surface area contributed by atoms with Crippen molar-refractivity contribution in [1.82, 2.24) is 10.3 Å². The minimum atomic E-state index is -0.371. The zero-order valence-electron chi connectivity index (χ0n) is 11.8. The molecule has 1 aromatic carbocycles. The fourth-order valence-electron chi connectivity index (χ4n) is 1.62. The van der Waals surface area contributed by atoms with Crippen LogP contribution in [0.5, 0.6) is 5.75 Å². The number of amides is 2. The molecule has 0 radical (unpaired) electrons. The van der Waals surface area contributed by atoms with E-state index in [4.69, 9.17) is 4.74 Å². The van der Waals surface area contributed by atoms with Gasteiger partial charge < -0.3 is 10.1 Å². The molecule has 2 rings (SSSR count). The average molecular weight is 350 g/mol. The lowest BCUT2D eigenvalue weighted by atomic mass is 10.1. The van der Waals surface area contributed by atoms with E-state index in [1.165, 1.54) is 5.56 Å². The molecule has 2 aromatic rings. The van der Waals surface area contributed by atoms with Crippen LogP contribution in [0.1, 0.15) is 11.1 Å². The number of hydrogen-bond donors (Lipinski definition) is 2. The van der Waals surface area contributed by atoms with Gasteiger partial charge in [-0.1, -0.05) is 22.0 Å². The highest BCUT2D eigenvalue weighted by Gasteiger charge is 2.03. The number of benzene rings is 1. The van der Waals surface area contributed by atoms with Crippen molar-refractivity contribution in [2.45, 2.75) is 13.8 Å². The first kappa shape index (κ1) is 15.3. The fourth-order valence-corrected chi connectivity index (χ4v) is 1.96. The molecule has 0 saturated carbocycles. The molecule has 0 saturated heterocycles. The number of ether oxygens (including phenoxy) is 1. The van der Waals surface area contributed by atoms with Gasteiger partial charge >= 0.3 is 6.03 Å². The van der Waals surface area contributed by atoms with Crippen LogP contribution in [0, 0.1) is 13.8 Å². The summed E-state index contributed by atoms with van der Waals surface area (Å²) in [6.07, 6.45) is 1.60. The summed E-state index contributed by atoms with van der Waals surface area (Å²) in [4.78, 5) is 15.7. The van der Waals surface area contributed by atoms with Gasteiger partial charge in [-0.2, -0.15) is 0 Å². The Morgan fingerprint density at radius 3 is 2.76 bits per heavy atom. The van der Waals surface area contributed by atoms with Crippen molar-refractivity contribution in [2.24, 2.45) is 0 Å². The van der Waals surface area contributed by atoms with Crippen LogP contribution in [0.25, 0.3) is 0 Å². The summed E-state index contributed by atoms with van der Waals surface area (Å²) >= 11 is 3.31. The molecule has 2 amide bonds. The highest BCUT2D eigenvalue weighted by atomic mass is 79.9. The number of nitrogens with zero attached hydrogens (tertiary/aromatic N) is 1. The Bertz CT molecular complexity index is 647. The molecule has 0 unspecified atom stereocenters. The SMILES string of the molecule is Cc1ccc(OCNC(=O)Nc2cc(Br)ccn2)cc1C. The maximum atomic E-state index is 11.7. The standard InChI is InChI=1S/C15H16BrN3O2/c1-10-3-4-13(7-11(10)2)21-9-18-15(20)19-14-8-12(16)5-6-17-14/h3-8H,9H2,1-2H3,(H2,17,18,19,20). The van der Waals surface area contributed by atoms with Crippen LogP contribution < -0.4 is 15.4 Å². The highest BCUT2D eigenvalue weighted by molar-refractivity contribution is 9.10. The Morgan fingerprint density at radius 2 is 2.05 bits per heavy atom. The van der Waals surface area contributed by atoms with E-state index < -0.39 is 0 Å². The highest BCUT2D eigenvalue weighted by Crippen LogP contribution is 2.16. The van der Waals surface area contributed by atoms with Crippen molar-refractivity contribution in [3.05, 3.63) is 52.1 Å². The lowest BCUT2D eigenvalue weighted by Crippen LogP contribution is -2.32. The predicted molar refractivity (Wildman–Crippen MR) is 85.5 cm³/mol. The predicted octanol–water partition coefficient (Wildman–Crippen LogP) is 3.62. The quantitative estimate of drug-likeness (QED) is 0.828. The monoisotopic (exact) mass is 349 g/mol. The fraction of sp³-hybridized carbons (Fsp3) is 0.200. The van der Waals surface area contributed by atoms with Gasteiger partial charge in [0.2, 0.25) is 0 Å². The number of halogens is 1. The van der Waals surface area contributed by atoms with E-state index in [0.29, 0.717) is 5.82 Å². The number of urea groups is 1. The van der Waals surface area contributed by atoms with Gasteiger partial charge in [0.25, 0.3) is 0 Å². The van der Waals surface area contributed by atoms with Crippen molar-refractivity contribution in [3.63, 3.8) is 0 Å². The molecule has 0 atom stereocenters. The first-order chi connectivity index (χ1) is 10.0. The van der Waals surface area contributed by atoms with E-state index in [1.54, 1.807) is 18.3 Å². The van der Waals surface area contributed by atoms with Crippen molar-refractivity contribution in [2.75, 3.05) is 12.0 Å². The third kappa shape index (κ3) is 4.75. The summed E-state index contributed by atoms with van der Waals surface area (Å²) in [5.74, 6) is 1.19. The maximum absolute atomic E-state index is 11.7. The number of aryl methyl sites for hydroxylation is 2. The molecule has 0 bridgehead atoms. The minimum Gasteiger partial charge on any atom is -0.473 e. The zero-order valence-corrected chi connectivity index (χ0v) is 13.4. The van der Waals surface area contributed by atoms with E-state index in [2.05, 4.69) is 31.5 Å². The second-order valence-electron chi connectivity index (χ2n) is 4.52. The van der Waals surface area contributed by atoms with E-state index in [0.717, 1.165) is 15.8 Å². The van der Waals surface area contributed by atoms with Crippen LogP contribution in [0.2, 0.25) is 0 Å². The molecule has 2 N–H and O–H groups in total. The largest absolute Gasteiger partial charge is 0.473 e. The molecule has 1 aromatic heterocycles. The first-order valence-electron chi connectivity index (χ1n) is 6.41. The number of aromatic nitrogens is 1. The summed E-state index contributed by atoms with van der Waals surface area (Å²) in [6.45, 7) is 4.14. The number of nitrogens with one attached hydrogen (secondary N) is 2. The van der Waals surface area contributed by atoms with Gasteiger partial charge in [0, 0.05) is 10.7 Å². The molecule has 0 aliphatic rings. The third-order valence-electron chi connectivity index (χ3n) is 2.91.